The van der Waals surface area contributed by atoms with Crippen molar-refractivity contribution in [3.8, 4) is 0 Å². The van der Waals surface area contributed by atoms with Crippen molar-refractivity contribution in [1.82, 2.24) is 0 Å². The van der Waals surface area contributed by atoms with E-state index in [1.807, 2.05) is 62.4 Å². The first-order valence-corrected chi connectivity index (χ1v) is 15.8. The Morgan fingerprint density at radius 1 is 0.692 bits per heavy atom. The summed E-state index contributed by atoms with van der Waals surface area (Å²) in [6.45, 7) is 6.30. The molecule has 2 rings (SSSR count). The van der Waals surface area contributed by atoms with Crippen molar-refractivity contribution in [2.75, 3.05) is 0 Å². The number of carbonyl (C=O) groups excluding carboxylic acids is 1. The highest BCUT2D eigenvalue weighted by molar-refractivity contribution is 5.77. The maximum Gasteiger partial charge on any atom is 0.310 e. The third-order valence-electron chi connectivity index (χ3n) is 8.53. The molecule has 0 aromatic heterocycles. The minimum Gasteiger partial charge on any atom is -0.481 e. The number of hydrogen-bond donors (Lipinski definition) is 1. The Balaban J connectivity index is 1.88. The first-order chi connectivity index (χ1) is 19.0. The molecular weight excluding hydrogens is 480 g/mol. The SMILES string of the molecule is CCCCCCCCCCCCCCCCC(CC(C(=O)O)c1ccccc1C)C(C=O)c1ccccc1C. The molecule has 3 unspecified atom stereocenters. The lowest BCUT2D eigenvalue weighted by atomic mass is 9.75. The van der Waals surface area contributed by atoms with Crippen LogP contribution in [-0.2, 0) is 9.59 Å². The highest BCUT2D eigenvalue weighted by Gasteiger charge is 2.31. The highest BCUT2D eigenvalue weighted by atomic mass is 16.4. The summed E-state index contributed by atoms with van der Waals surface area (Å²) in [5.74, 6) is -1.68. The molecule has 0 bridgehead atoms. The molecule has 3 heteroatoms. The zero-order chi connectivity index (χ0) is 28.3. The summed E-state index contributed by atoms with van der Waals surface area (Å²) in [6, 6.07) is 15.8. The number of carbonyl (C=O) groups is 2. The zero-order valence-corrected chi connectivity index (χ0v) is 25.0. The lowest BCUT2D eigenvalue weighted by molar-refractivity contribution is -0.139. The fourth-order valence-electron chi connectivity index (χ4n) is 6.09. The molecule has 39 heavy (non-hydrogen) atoms. The van der Waals surface area contributed by atoms with Gasteiger partial charge in [0.25, 0.3) is 0 Å². The number of carboxylic acid groups (broad SMARTS) is 1. The van der Waals surface area contributed by atoms with Crippen LogP contribution >= 0.6 is 0 Å². The second-order valence-electron chi connectivity index (χ2n) is 11.6. The Morgan fingerprint density at radius 2 is 1.13 bits per heavy atom. The van der Waals surface area contributed by atoms with Crippen LogP contribution in [0.15, 0.2) is 48.5 Å². The molecule has 216 valence electrons. The van der Waals surface area contributed by atoms with Crippen LogP contribution in [0.5, 0.6) is 0 Å². The number of aliphatic carboxylic acids is 1. The van der Waals surface area contributed by atoms with Gasteiger partial charge in [0.05, 0.1) is 5.92 Å². The number of carboxylic acids is 1. The molecule has 3 atom stereocenters. The smallest absolute Gasteiger partial charge is 0.310 e. The topological polar surface area (TPSA) is 54.4 Å². The average molecular weight is 535 g/mol. The lowest BCUT2D eigenvalue weighted by Gasteiger charge is -2.28. The van der Waals surface area contributed by atoms with Gasteiger partial charge in [0, 0.05) is 5.92 Å². The van der Waals surface area contributed by atoms with Crippen LogP contribution in [0, 0.1) is 19.8 Å². The lowest BCUT2D eigenvalue weighted by Crippen LogP contribution is -2.23. The predicted octanol–water partition coefficient (Wildman–Crippen LogP) is 10.3. The Hall–Kier alpha value is -2.42. The van der Waals surface area contributed by atoms with Crippen LogP contribution in [0.3, 0.4) is 0 Å². The number of benzene rings is 2. The van der Waals surface area contributed by atoms with E-state index < -0.39 is 11.9 Å². The molecule has 0 spiro atoms. The number of hydrogen-bond acceptors (Lipinski definition) is 2. The summed E-state index contributed by atoms with van der Waals surface area (Å²) in [4.78, 5) is 24.9. The Morgan fingerprint density at radius 3 is 1.56 bits per heavy atom. The van der Waals surface area contributed by atoms with E-state index in [0.717, 1.165) is 47.8 Å². The standard InChI is InChI=1S/C36H54O3/c1-4-5-6-7-8-9-10-11-12-13-14-15-16-17-24-31(35(28-37)33-26-21-19-23-30(33)3)27-34(36(38)39)32-25-20-18-22-29(32)2/h18-23,25-26,28,31,34-35H,4-17,24,27H2,1-3H3,(H,38,39). The zero-order valence-electron chi connectivity index (χ0n) is 25.0. The van der Waals surface area contributed by atoms with Crippen LogP contribution in [0.1, 0.15) is 144 Å². The molecule has 0 radical (unpaired) electrons. The fraction of sp³-hybridized carbons (Fsp3) is 0.611. The van der Waals surface area contributed by atoms with Crippen LogP contribution in [0.25, 0.3) is 0 Å². The monoisotopic (exact) mass is 534 g/mol. The molecule has 0 aliphatic rings. The number of aldehydes is 1. The van der Waals surface area contributed by atoms with E-state index in [-0.39, 0.29) is 11.8 Å². The minimum absolute atomic E-state index is 0.00151. The molecule has 0 saturated heterocycles. The van der Waals surface area contributed by atoms with E-state index in [0.29, 0.717) is 6.42 Å². The van der Waals surface area contributed by atoms with Gasteiger partial charge < -0.3 is 9.90 Å². The van der Waals surface area contributed by atoms with Gasteiger partial charge in [0.2, 0.25) is 0 Å². The third-order valence-corrected chi connectivity index (χ3v) is 8.53. The first kappa shape index (κ1) is 32.8. The summed E-state index contributed by atoms with van der Waals surface area (Å²) < 4.78 is 0. The molecule has 0 saturated carbocycles. The molecular formula is C36H54O3. The van der Waals surface area contributed by atoms with Gasteiger partial charge in [0.1, 0.15) is 6.29 Å². The normalized spacial score (nSPS) is 13.6. The summed E-state index contributed by atoms with van der Waals surface area (Å²) in [7, 11) is 0. The summed E-state index contributed by atoms with van der Waals surface area (Å²) in [5, 5.41) is 10.2. The van der Waals surface area contributed by atoms with Crippen molar-refractivity contribution in [2.24, 2.45) is 5.92 Å². The van der Waals surface area contributed by atoms with Gasteiger partial charge in [-0.1, -0.05) is 145 Å². The second-order valence-corrected chi connectivity index (χ2v) is 11.6. The van der Waals surface area contributed by atoms with E-state index in [1.54, 1.807) is 0 Å². The van der Waals surface area contributed by atoms with Gasteiger partial charge in [-0.3, -0.25) is 4.79 Å². The first-order valence-electron chi connectivity index (χ1n) is 15.8. The van der Waals surface area contributed by atoms with Gasteiger partial charge in [-0.25, -0.2) is 0 Å². The van der Waals surface area contributed by atoms with E-state index >= 15 is 0 Å². The molecule has 0 amide bonds. The van der Waals surface area contributed by atoms with Gasteiger partial charge in [0.15, 0.2) is 0 Å². The third kappa shape index (κ3) is 12.1. The highest BCUT2D eigenvalue weighted by Crippen LogP contribution is 2.37. The largest absolute Gasteiger partial charge is 0.481 e. The van der Waals surface area contributed by atoms with Gasteiger partial charge in [-0.05, 0) is 54.9 Å². The fourth-order valence-corrected chi connectivity index (χ4v) is 6.09. The number of aryl methyl sites for hydroxylation is 2. The van der Waals surface area contributed by atoms with Gasteiger partial charge >= 0.3 is 5.97 Å². The summed E-state index contributed by atoms with van der Waals surface area (Å²) >= 11 is 0. The van der Waals surface area contributed by atoms with Crippen LogP contribution in [0.4, 0.5) is 0 Å². The average Bonchev–Trinajstić information content (AvgIpc) is 2.93. The molecule has 2 aromatic rings. The summed E-state index contributed by atoms with van der Waals surface area (Å²) in [6.07, 6.45) is 20.8. The van der Waals surface area contributed by atoms with E-state index in [2.05, 4.69) is 6.92 Å². The molecule has 1 N–H and O–H groups in total. The van der Waals surface area contributed by atoms with Crippen molar-refractivity contribution in [3.63, 3.8) is 0 Å². The molecule has 0 aliphatic carbocycles. The van der Waals surface area contributed by atoms with Gasteiger partial charge in [-0.15, -0.1) is 0 Å². The molecule has 0 fully saturated rings. The van der Waals surface area contributed by atoms with E-state index in [1.165, 1.54) is 77.0 Å². The van der Waals surface area contributed by atoms with Crippen molar-refractivity contribution in [3.05, 3.63) is 70.8 Å². The van der Waals surface area contributed by atoms with Gasteiger partial charge in [-0.2, -0.15) is 0 Å². The predicted molar refractivity (Wildman–Crippen MR) is 165 cm³/mol. The molecule has 0 heterocycles. The Bertz CT molecular complexity index is 950. The molecule has 0 aliphatic heterocycles. The molecule has 2 aromatic carbocycles. The maximum atomic E-state index is 12.5. The minimum atomic E-state index is -0.801. The quantitative estimate of drug-likeness (QED) is 0.121. The van der Waals surface area contributed by atoms with Crippen LogP contribution in [-0.4, -0.2) is 17.4 Å². The van der Waals surface area contributed by atoms with Crippen molar-refractivity contribution < 1.29 is 14.7 Å². The van der Waals surface area contributed by atoms with E-state index in [9.17, 15) is 14.7 Å². The van der Waals surface area contributed by atoms with Crippen LogP contribution < -0.4 is 0 Å². The van der Waals surface area contributed by atoms with Crippen molar-refractivity contribution >= 4 is 12.3 Å². The number of unbranched alkanes of at least 4 members (excludes halogenated alkanes) is 13. The number of rotatable bonds is 22. The Kier molecular flexibility index (Phi) is 16.5. The maximum absolute atomic E-state index is 12.5. The van der Waals surface area contributed by atoms with Crippen molar-refractivity contribution in [1.29, 1.82) is 0 Å². The second kappa shape index (κ2) is 19.6. The van der Waals surface area contributed by atoms with E-state index in [4.69, 9.17) is 0 Å². The Labute approximate surface area is 238 Å². The molecule has 3 nitrogen and oxygen atoms in total. The summed E-state index contributed by atoms with van der Waals surface area (Å²) in [5.41, 5.74) is 4.00. The van der Waals surface area contributed by atoms with Crippen LogP contribution in [0.2, 0.25) is 0 Å². The van der Waals surface area contributed by atoms with Crippen molar-refractivity contribution in [2.45, 2.75) is 135 Å².